The highest BCUT2D eigenvalue weighted by atomic mass is 16.6. The topological polar surface area (TPSA) is 122 Å². The van der Waals surface area contributed by atoms with Gasteiger partial charge in [-0.2, -0.15) is 0 Å². The van der Waals surface area contributed by atoms with Crippen LogP contribution in [-0.4, -0.2) is 55.1 Å². The first-order valence-corrected chi connectivity index (χ1v) is 12.5. The maximum atomic E-state index is 11.8. The molecule has 0 aliphatic heterocycles. The number of ether oxygens (including phenoxy) is 4. The average molecular weight is 509 g/mol. The second-order valence-electron chi connectivity index (χ2n) is 8.91. The number of ketones is 1. The molecule has 1 fully saturated rings. The van der Waals surface area contributed by atoms with E-state index in [-0.39, 0.29) is 30.0 Å². The van der Waals surface area contributed by atoms with Crippen LogP contribution in [0.2, 0.25) is 0 Å². The van der Waals surface area contributed by atoms with Crippen molar-refractivity contribution in [3.63, 3.8) is 0 Å². The zero-order valence-electron chi connectivity index (χ0n) is 22.0. The predicted octanol–water partition coefficient (Wildman–Crippen LogP) is 4.02. The fraction of sp³-hybridized carbons (Fsp3) is 0.667. The molecule has 0 aromatic heterocycles. The molecule has 1 rings (SSSR count). The molecule has 0 saturated heterocycles. The Balaban J connectivity index is 3.07. The van der Waals surface area contributed by atoms with Gasteiger partial charge in [-0.1, -0.05) is 25.2 Å². The third kappa shape index (κ3) is 12.1. The van der Waals surface area contributed by atoms with Crippen molar-refractivity contribution in [2.24, 2.45) is 11.8 Å². The smallest absolute Gasteiger partial charge is 0.305 e. The average Bonchev–Trinajstić information content (AvgIpc) is 3.11. The summed E-state index contributed by atoms with van der Waals surface area (Å²) >= 11 is 0. The number of esters is 4. The molecule has 0 aromatic rings. The number of rotatable bonds is 15. The van der Waals surface area contributed by atoms with E-state index in [2.05, 4.69) is 4.74 Å². The molecule has 0 radical (unpaired) electrons. The summed E-state index contributed by atoms with van der Waals surface area (Å²) in [6, 6.07) is 0. The quantitative estimate of drug-likeness (QED) is 0.140. The highest BCUT2D eigenvalue weighted by molar-refractivity contribution is 5.78. The van der Waals surface area contributed by atoms with Crippen LogP contribution in [0.5, 0.6) is 0 Å². The molecule has 0 N–H and O–H groups in total. The molecule has 0 unspecified atom stereocenters. The number of methoxy groups -OCH3 is 1. The van der Waals surface area contributed by atoms with Gasteiger partial charge >= 0.3 is 23.9 Å². The van der Waals surface area contributed by atoms with Gasteiger partial charge in [0.2, 0.25) is 0 Å². The minimum absolute atomic E-state index is 0.0735. The normalized spacial score (nSPS) is 22.4. The summed E-state index contributed by atoms with van der Waals surface area (Å²) in [5, 5.41) is 0. The lowest BCUT2D eigenvalue weighted by atomic mass is 9.89. The first-order valence-electron chi connectivity index (χ1n) is 12.5. The van der Waals surface area contributed by atoms with Crippen molar-refractivity contribution in [3.8, 4) is 0 Å². The predicted molar refractivity (Wildman–Crippen MR) is 132 cm³/mol. The van der Waals surface area contributed by atoms with Crippen molar-refractivity contribution >= 4 is 29.7 Å². The second kappa shape index (κ2) is 16.7. The van der Waals surface area contributed by atoms with Gasteiger partial charge in [-0.25, -0.2) is 0 Å². The van der Waals surface area contributed by atoms with E-state index in [1.54, 1.807) is 13.0 Å². The summed E-state index contributed by atoms with van der Waals surface area (Å²) in [5.41, 5.74) is 0. The number of carbonyl (C=O) groups excluding carboxylic acids is 5. The Kier molecular flexibility index (Phi) is 14.4. The number of allylic oxidation sites excluding steroid dienone is 2. The first kappa shape index (κ1) is 31.1. The first-order chi connectivity index (χ1) is 17.1. The fourth-order valence-corrected chi connectivity index (χ4v) is 4.33. The van der Waals surface area contributed by atoms with Crippen molar-refractivity contribution in [1.82, 2.24) is 0 Å². The number of carbonyl (C=O) groups is 5. The third-order valence-electron chi connectivity index (χ3n) is 6.02. The molecule has 0 aromatic carbocycles. The van der Waals surface area contributed by atoms with E-state index in [1.807, 2.05) is 18.2 Å². The SMILES string of the molecule is CCC(=O)CC[C@@H](/C=C/[C@@H]1[C@@H](C/C=C\CCCC(=O)OC)[C@@H](OC(C)=O)C[C@H]1OC(C)=O)OC(C)=O. The highest BCUT2D eigenvalue weighted by Crippen LogP contribution is 2.40. The van der Waals surface area contributed by atoms with E-state index in [9.17, 15) is 24.0 Å². The van der Waals surface area contributed by atoms with Crippen LogP contribution in [0.3, 0.4) is 0 Å². The molecule has 1 saturated carbocycles. The van der Waals surface area contributed by atoms with Gasteiger partial charge in [0.05, 0.1) is 7.11 Å². The molecule has 202 valence electrons. The fourth-order valence-electron chi connectivity index (χ4n) is 4.33. The molecule has 36 heavy (non-hydrogen) atoms. The minimum atomic E-state index is -0.599. The molecule has 1 aliphatic rings. The van der Waals surface area contributed by atoms with Crippen LogP contribution in [0.25, 0.3) is 0 Å². The monoisotopic (exact) mass is 508 g/mol. The largest absolute Gasteiger partial charge is 0.469 e. The molecule has 5 atom stereocenters. The zero-order valence-corrected chi connectivity index (χ0v) is 22.0. The summed E-state index contributed by atoms with van der Waals surface area (Å²) in [7, 11) is 1.36. The van der Waals surface area contributed by atoms with E-state index >= 15 is 0 Å². The molecule has 0 heterocycles. The molecule has 0 amide bonds. The maximum absolute atomic E-state index is 11.8. The van der Waals surface area contributed by atoms with Gasteiger partial charge in [-0.05, 0) is 31.8 Å². The van der Waals surface area contributed by atoms with Gasteiger partial charge in [0.25, 0.3) is 0 Å². The van der Waals surface area contributed by atoms with Crippen LogP contribution >= 0.6 is 0 Å². The number of hydrogen-bond donors (Lipinski definition) is 0. The van der Waals surface area contributed by atoms with E-state index in [4.69, 9.17) is 14.2 Å². The third-order valence-corrected chi connectivity index (χ3v) is 6.02. The molecule has 9 heteroatoms. The Hall–Kier alpha value is -2.97. The second-order valence-corrected chi connectivity index (χ2v) is 8.91. The molecule has 0 bridgehead atoms. The van der Waals surface area contributed by atoms with Crippen molar-refractivity contribution in [1.29, 1.82) is 0 Å². The lowest BCUT2D eigenvalue weighted by Crippen LogP contribution is -2.25. The number of hydrogen-bond acceptors (Lipinski definition) is 9. The lowest BCUT2D eigenvalue weighted by molar-refractivity contribution is -0.149. The highest BCUT2D eigenvalue weighted by Gasteiger charge is 2.45. The Morgan fingerprint density at radius 2 is 1.58 bits per heavy atom. The van der Waals surface area contributed by atoms with Crippen LogP contribution in [0.15, 0.2) is 24.3 Å². The van der Waals surface area contributed by atoms with Gasteiger partial charge < -0.3 is 18.9 Å². The Labute approximate surface area is 213 Å². The van der Waals surface area contributed by atoms with Crippen LogP contribution in [0.1, 0.15) is 79.1 Å². The van der Waals surface area contributed by atoms with Gasteiger partial charge in [0, 0.05) is 58.3 Å². The maximum Gasteiger partial charge on any atom is 0.305 e. The molecule has 1 aliphatic carbocycles. The summed E-state index contributed by atoms with van der Waals surface area (Å²) in [6.45, 7) is 5.76. The van der Waals surface area contributed by atoms with Crippen molar-refractivity contribution in [3.05, 3.63) is 24.3 Å². The molecule has 9 nitrogen and oxygen atoms in total. The van der Waals surface area contributed by atoms with Crippen molar-refractivity contribution < 1.29 is 42.9 Å². The Morgan fingerprint density at radius 1 is 0.917 bits per heavy atom. The minimum Gasteiger partial charge on any atom is -0.469 e. The Bertz CT molecular complexity index is 814. The summed E-state index contributed by atoms with van der Waals surface area (Å²) in [4.78, 5) is 58.2. The van der Waals surface area contributed by atoms with Gasteiger partial charge in [-0.3, -0.25) is 24.0 Å². The summed E-state index contributed by atoms with van der Waals surface area (Å²) in [5.74, 6) is -1.98. The van der Waals surface area contributed by atoms with Crippen LogP contribution in [0.4, 0.5) is 0 Å². The number of unbranched alkanes of at least 4 members (excludes halogenated alkanes) is 1. The van der Waals surface area contributed by atoms with Crippen LogP contribution < -0.4 is 0 Å². The van der Waals surface area contributed by atoms with E-state index < -0.39 is 36.2 Å². The summed E-state index contributed by atoms with van der Waals surface area (Å²) < 4.78 is 21.1. The Morgan fingerprint density at radius 3 is 2.17 bits per heavy atom. The van der Waals surface area contributed by atoms with Gasteiger partial charge in [0.1, 0.15) is 24.1 Å². The van der Waals surface area contributed by atoms with E-state index in [0.717, 1.165) is 0 Å². The molecular weight excluding hydrogens is 468 g/mol. The van der Waals surface area contributed by atoms with E-state index in [1.165, 1.54) is 27.9 Å². The molecular formula is C27H40O9. The number of Topliss-reactive ketones (excluding diaryl/α,β-unsaturated/α-hetero) is 1. The van der Waals surface area contributed by atoms with Crippen molar-refractivity contribution in [2.75, 3.05) is 7.11 Å². The standard InChI is InChI=1S/C27H40O9/c1-6-21(31)13-14-22(34-18(2)28)15-16-24-23(11-9-7-8-10-12-27(32)33-5)25(35-19(3)29)17-26(24)36-20(4)30/h7,9,15-16,22-26H,6,8,10-14,17H2,1-5H3/b9-7-,16-15+/t22-,23+,24+,25-,26+/m0/s1. The zero-order chi connectivity index (χ0) is 27.1. The summed E-state index contributed by atoms with van der Waals surface area (Å²) in [6.07, 6.45) is 9.55. The van der Waals surface area contributed by atoms with E-state index in [0.29, 0.717) is 44.9 Å². The lowest BCUT2D eigenvalue weighted by Gasteiger charge is -2.23. The van der Waals surface area contributed by atoms with Crippen molar-refractivity contribution in [2.45, 2.75) is 97.4 Å². The van der Waals surface area contributed by atoms with Gasteiger partial charge in [0.15, 0.2) is 0 Å². The van der Waals surface area contributed by atoms with Crippen LogP contribution in [0, 0.1) is 11.8 Å². The van der Waals surface area contributed by atoms with Gasteiger partial charge in [-0.15, -0.1) is 0 Å². The van der Waals surface area contributed by atoms with Crippen LogP contribution in [-0.2, 0) is 42.9 Å². The molecule has 0 spiro atoms.